The summed E-state index contributed by atoms with van der Waals surface area (Å²) >= 11 is 0. The average molecular weight is 642 g/mol. The van der Waals surface area contributed by atoms with E-state index >= 15 is 0 Å². The monoisotopic (exact) mass is 641 g/mol. The lowest BCUT2D eigenvalue weighted by Crippen LogP contribution is -2.56. The van der Waals surface area contributed by atoms with Crippen LogP contribution in [-0.2, 0) is 37.1 Å². The van der Waals surface area contributed by atoms with Crippen LogP contribution in [0.25, 0.3) is 11.2 Å². The first kappa shape index (κ1) is 36.0. The molecule has 0 aliphatic carbocycles. The quantitative estimate of drug-likeness (QED) is 0.116. The molecular weight excluding hydrogens is 604 g/mol. The Morgan fingerprint density at radius 2 is 1.53 bits per heavy atom. The van der Waals surface area contributed by atoms with E-state index in [0.717, 1.165) is 31.1 Å². The Kier molecular flexibility index (Phi) is 12.6. The van der Waals surface area contributed by atoms with E-state index in [1.807, 2.05) is 0 Å². The van der Waals surface area contributed by atoms with E-state index in [4.69, 9.17) is 28.8 Å². The van der Waals surface area contributed by atoms with E-state index in [1.54, 1.807) is 27.7 Å². The first-order valence-corrected chi connectivity index (χ1v) is 14.2. The highest BCUT2D eigenvalue weighted by Gasteiger charge is 2.51. The molecule has 0 radical (unpaired) electrons. The Bertz CT molecular complexity index is 1250. The molecule has 0 spiro atoms. The van der Waals surface area contributed by atoms with E-state index in [1.165, 1.54) is 0 Å². The van der Waals surface area contributed by atoms with Gasteiger partial charge in [0.05, 0.1) is 37.9 Å². The number of halogens is 1. The van der Waals surface area contributed by atoms with E-state index < -0.39 is 82.6 Å². The van der Waals surface area contributed by atoms with E-state index in [9.17, 15) is 33.9 Å². The Morgan fingerprint density at radius 3 is 2.02 bits per heavy atom. The summed E-state index contributed by atoms with van der Waals surface area (Å²) < 4.78 is 62.5. The molecule has 0 amide bonds. The molecule has 0 aromatic carbocycles. The molecule has 2 aromatic heterocycles. The maximum Gasteiger partial charge on any atom is 0.510 e. The SMILES string of the molecule is CC(C)OC(=O)OCOP(=O)(OCOC(=O)OC(C)C)OC[C@](C)(CF)[C@@H](O)[C@@](C)(O)[C@@H](O)n1cnc2c(N)ncnc21. The van der Waals surface area contributed by atoms with Gasteiger partial charge in [-0.2, -0.15) is 0 Å². The fraction of sp³-hybridized carbons (Fsp3) is 0.696. The van der Waals surface area contributed by atoms with Gasteiger partial charge in [-0.3, -0.25) is 13.5 Å². The lowest BCUT2D eigenvalue weighted by molar-refractivity contribution is -0.202. The van der Waals surface area contributed by atoms with Crippen molar-refractivity contribution in [3.63, 3.8) is 0 Å². The van der Waals surface area contributed by atoms with Crippen LogP contribution >= 0.6 is 7.82 Å². The zero-order valence-corrected chi connectivity index (χ0v) is 25.3. The highest BCUT2D eigenvalue weighted by molar-refractivity contribution is 7.48. The van der Waals surface area contributed by atoms with Gasteiger partial charge in [0.1, 0.15) is 17.4 Å². The number of anilines is 1. The fourth-order valence-corrected chi connectivity index (χ4v) is 4.48. The second-order valence-electron chi connectivity index (χ2n) is 10.2. The summed E-state index contributed by atoms with van der Waals surface area (Å²) in [6, 6.07) is 0. The number of nitrogens with zero attached hydrogens (tertiary/aromatic N) is 4. The molecule has 0 saturated heterocycles. The number of ether oxygens (including phenoxy) is 4. The van der Waals surface area contributed by atoms with Crippen LogP contribution in [0.3, 0.4) is 0 Å². The summed E-state index contributed by atoms with van der Waals surface area (Å²) in [5.41, 5.74) is 1.24. The Balaban J connectivity index is 2.21. The van der Waals surface area contributed by atoms with Gasteiger partial charge in [-0.1, -0.05) is 6.92 Å². The number of nitrogens with two attached hydrogens (primary N) is 1. The van der Waals surface area contributed by atoms with Gasteiger partial charge in [0.25, 0.3) is 0 Å². The smallest absolute Gasteiger partial charge is 0.432 e. The number of fused-ring (bicyclic) bond motifs is 1. The second-order valence-corrected chi connectivity index (χ2v) is 11.9. The predicted molar refractivity (Wildman–Crippen MR) is 143 cm³/mol. The van der Waals surface area contributed by atoms with Crippen LogP contribution < -0.4 is 5.73 Å². The van der Waals surface area contributed by atoms with Gasteiger partial charge in [-0.25, -0.2) is 38.2 Å². The molecular formula is C23H37FN5O13P. The van der Waals surface area contributed by atoms with Crippen molar-refractivity contribution in [2.45, 2.75) is 71.7 Å². The van der Waals surface area contributed by atoms with Crippen LogP contribution in [0.1, 0.15) is 47.8 Å². The van der Waals surface area contributed by atoms with Gasteiger partial charge in [0.2, 0.25) is 13.6 Å². The summed E-state index contributed by atoms with van der Waals surface area (Å²) in [5.74, 6) is -0.0169. The summed E-state index contributed by atoms with van der Waals surface area (Å²) in [5, 5.41) is 33.2. The summed E-state index contributed by atoms with van der Waals surface area (Å²) in [6.45, 7) is 3.82. The number of carbonyl (C=O) groups excluding carboxylic acids is 2. The molecule has 2 rings (SSSR count). The number of phosphoric ester groups is 1. The highest BCUT2D eigenvalue weighted by Crippen LogP contribution is 2.51. The molecule has 43 heavy (non-hydrogen) atoms. The number of aliphatic hydroxyl groups excluding tert-OH is 2. The molecule has 5 N–H and O–H groups in total. The number of phosphoric acid groups is 1. The maximum atomic E-state index is 14.4. The fourth-order valence-electron chi connectivity index (χ4n) is 3.44. The topological polar surface area (TPSA) is 246 Å². The maximum absolute atomic E-state index is 14.4. The molecule has 2 heterocycles. The third-order valence-electron chi connectivity index (χ3n) is 5.68. The Morgan fingerprint density at radius 1 is 1.00 bits per heavy atom. The Hall–Kier alpha value is -3.19. The van der Waals surface area contributed by atoms with Gasteiger partial charge >= 0.3 is 20.1 Å². The molecule has 18 nitrogen and oxygen atoms in total. The minimum atomic E-state index is -4.85. The number of rotatable bonds is 16. The van der Waals surface area contributed by atoms with Crippen LogP contribution in [0, 0.1) is 5.41 Å². The number of hydrogen-bond donors (Lipinski definition) is 4. The van der Waals surface area contributed by atoms with Crippen molar-refractivity contribution in [2.75, 3.05) is 32.6 Å². The summed E-state index contributed by atoms with van der Waals surface area (Å²) in [7, 11) is -4.85. The third kappa shape index (κ3) is 9.65. The zero-order chi connectivity index (χ0) is 32.6. The molecule has 0 fully saturated rings. The number of imidazole rings is 1. The number of nitrogen functional groups attached to an aromatic ring is 1. The third-order valence-corrected chi connectivity index (χ3v) is 6.97. The van der Waals surface area contributed by atoms with Crippen molar-refractivity contribution in [1.82, 2.24) is 19.5 Å². The highest BCUT2D eigenvalue weighted by atomic mass is 31.2. The van der Waals surface area contributed by atoms with E-state index in [0.29, 0.717) is 0 Å². The molecule has 0 unspecified atom stereocenters. The van der Waals surface area contributed by atoms with Crippen LogP contribution in [0.4, 0.5) is 19.8 Å². The van der Waals surface area contributed by atoms with Crippen LogP contribution in [0.15, 0.2) is 12.7 Å². The van der Waals surface area contributed by atoms with E-state index in [-0.39, 0.29) is 17.0 Å². The molecule has 0 bridgehead atoms. The van der Waals surface area contributed by atoms with Gasteiger partial charge in [0.15, 0.2) is 17.7 Å². The largest absolute Gasteiger partial charge is 0.510 e. The normalized spacial score (nSPS) is 16.4. The number of alkyl halides is 1. The van der Waals surface area contributed by atoms with Crippen LogP contribution in [-0.4, -0.2) is 97.9 Å². The van der Waals surface area contributed by atoms with Crippen LogP contribution in [0.5, 0.6) is 0 Å². The summed E-state index contributed by atoms with van der Waals surface area (Å²) in [4.78, 5) is 35.0. The lowest BCUT2D eigenvalue weighted by Gasteiger charge is -2.42. The first-order valence-electron chi connectivity index (χ1n) is 12.7. The minimum absolute atomic E-state index is 0.00367. The van der Waals surface area contributed by atoms with Gasteiger partial charge in [-0.05, 0) is 34.6 Å². The van der Waals surface area contributed by atoms with Crippen molar-refractivity contribution < 1.29 is 66.4 Å². The number of hydrogen-bond acceptors (Lipinski definition) is 17. The molecule has 0 saturated carbocycles. The minimum Gasteiger partial charge on any atom is -0.432 e. The molecule has 0 aliphatic rings. The van der Waals surface area contributed by atoms with Gasteiger partial charge in [-0.15, -0.1) is 0 Å². The van der Waals surface area contributed by atoms with Crippen molar-refractivity contribution >= 4 is 37.1 Å². The van der Waals surface area contributed by atoms with Gasteiger partial charge < -0.3 is 40.0 Å². The van der Waals surface area contributed by atoms with Crippen molar-refractivity contribution in [2.24, 2.45) is 5.41 Å². The first-order chi connectivity index (χ1) is 20.0. The van der Waals surface area contributed by atoms with Crippen LogP contribution in [0.2, 0.25) is 0 Å². The predicted octanol–water partition coefficient (Wildman–Crippen LogP) is 2.18. The molecule has 20 heteroatoms. The van der Waals surface area contributed by atoms with Crippen molar-refractivity contribution in [3.8, 4) is 0 Å². The molecule has 4 atom stereocenters. The molecule has 244 valence electrons. The van der Waals surface area contributed by atoms with Crippen molar-refractivity contribution in [3.05, 3.63) is 12.7 Å². The second kappa shape index (κ2) is 15.0. The van der Waals surface area contributed by atoms with E-state index in [2.05, 4.69) is 24.4 Å². The molecule has 0 aliphatic heterocycles. The Labute approximate surface area is 245 Å². The van der Waals surface area contributed by atoms with Gasteiger partial charge in [0, 0.05) is 5.41 Å². The number of carbonyl (C=O) groups is 2. The average Bonchev–Trinajstić information content (AvgIpc) is 3.35. The standard InChI is InChI=1S/C23H37FN5O13P/c1-13(2)41-20(32)36-11-39-43(35,40-12-37-21(33)42-14(3)4)38-8-22(5,7-24)18(30)23(6,34)19(31)29-10-28-15-16(25)26-9-27-17(15)29/h9-10,13-14,18-19,30-31,34H,7-8,11-12H2,1-6H3,(H2,25,26,27)/t18-,19-,22+,23-/m1/s1. The summed E-state index contributed by atoms with van der Waals surface area (Å²) in [6.07, 6.45) is -5.40. The molecule has 2 aromatic rings. The zero-order valence-electron chi connectivity index (χ0n) is 24.4. The van der Waals surface area contributed by atoms with Crippen molar-refractivity contribution in [1.29, 1.82) is 0 Å². The number of aliphatic hydroxyl groups is 3. The number of aromatic nitrogens is 4. The lowest BCUT2D eigenvalue weighted by atomic mass is 9.77.